The van der Waals surface area contributed by atoms with Crippen molar-refractivity contribution in [2.24, 2.45) is 0 Å². The Labute approximate surface area is 103 Å². The fourth-order valence-electron chi connectivity index (χ4n) is 1.59. The Hall–Kier alpha value is -1.24. The number of aromatic nitrogens is 2. The average Bonchev–Trinajstić information content (AvgIpc) is 2.75. The van der Waals surface area contributed by atoms with Crippen LogP contribution >= 0.6 is 11.3 Å². The number of nitrogens with one attached hydrogen (secondary N) is 2. The van der Waals surface area contributed by atoms with Gasteiger partial charge >= 0.3 is 0 Å². The van der Waals surface area contributed by atoms with Gasteiger partial charge in [-0.2, -0.15) is 0 Å². The van der Waals surface area contributed by atoms with Crippen LogP contribution in [0.1, 0.15) is 12.7 Å². The first kappa shape index (κ1) is 12.2. The number of aromatic amines is 1. The molecule has 1 atom stereocenters. The van der Waals surface area contributed by atoms with Crippen LogP contribution in [0.4, 0.5) is 0 Å². The number of nitrogens with zero attached hydrogens (tertiary/aromatic N) is 1. The summed E-state index contributed by atoms with van der Waals surface area (Å²) >= 11 is 1.41. The molecule has 0 spiro atoms. The minimum Gasteiger partial charge on any atom is -0.383 e. The number of fused-ring (bicyclic) bond motifs is 1. The fraction of sp³-hybridized carbons (Fsp3) is 0.455. The van der Waals surface area contributed by atoms with E-state index in [-0.39, 0.29) is 11.6 Å². The average molecular weight is 253 g/mol. The molecule has 1 unspecified atom stereocenters. The topological polar surface area (TPSA) is 67.0 Å². The van der Waals surface area contributed by atoms with Crippen LogP contribution in [0.3, 0.4) is 0 Å². The highest BCUT2D eigenvalue weighted by Gasteiger charge is 2.06. The Balaban J connectivity index is 2.11. The van der Waals surface area contributed by atoms with Crippen LogP contribution in [-0.2, 0) is 11.3 Å². The molecule has 92 valence electrons. The molecule has 0 bridgehead atoms. The molecular weight excluding hydrogens is 238 g/mol. The second kappa shape index (κ2) is 5.39. The van der Waals surface area contributed by atoms with Crippen molar-refractivity contribution in [3.8, 4) is 0 Å². The molecule has 0 amide bonds. The largest absolute Gasteiger partial charge is 0.383 e. The summed E-state index contributed by atoms with van der Waals surface area (Å²) in [5, 5.41) is 5.10. The molecule has 2 heterocycles. The van der Waals surface area contributed by atoms with Crippen LogP contribution in [0, 0.1) is 0 Å². The zero-order chi connectivity index (χ0) is 12.3. The molecule has 17 heavy (non-hydrogen) atoms. The van der Waals surface area contributed by atoms with E-state index in [1.54, 1.807) is 7.11 Å². The van der Waals surface area contributed by atoms with Gasteiger partial charge in [0, 0.05) is 13.2 Å². The SMILES string of the molecule is COCC(C)NCc1nc2ccsc2c(=O)[nH]1. The van der Waals surface area contributed by atoms with Crippen LogP contribution in [0.2, 0.25) is 0 Å². The van der Waals surface area contributed by atoms with Gasteiger partial charge in [-0.15, -0.1) is 11.3 Å². The predicted molar refractivity (Wildman–Crippen MR) is 68.4 cm³/mol. The number of H-pyrrole nitrogens is 1. The van der Waals surface area contributed by atoms with Crippen molar-refractivity contribution in [1.29, 1.82) is 0 Å². The molecule has 0 saturated carbocycles. The third-order valence-electron chi connectivity index (χ3n) is 2.40. The first-order valence-electron chi connectivity index (χ1n) is 5.39. The van der Waals surface area contributed by atoms with E-state index < -0.39 is 0 Å². The summed E-state index contributed by atoms with van der Waals surface area (Å²) in [6, 6.07) is 2.08. The summed E-state index contributed by atoms with van der Waals surface area (Å²) in [4.78, 5) is 18.8. The monoisotopic (exact) mass is 253 g/mol. The van der Waals surface area contributed by atoms with Gasteiger partial charge in [0.1, 0.15) is 10.5 Å². The van der Waals surface area contributed by atoms with Gasteiger partial charge in [0.05, 0.1) is 18.7 Å². The number of rotatable bonds is 5. The second-order valence-corrected chi connectivity index (χ2v) is 4.80. The van der Waals surface area contributed by atoms with Crippen molar-refractivity contribution in [2.45, 2.75) is 19.5 Å². The summed E-state index contributed by atoms with van der Waals surface area (Å²) in [5.74, 6) is 0.656. The quantitative estimate of drug-likeness (QED) is 0.837. The van der Waals surface area contributed by atoms with Gasteiger partial charge in [0.25, 0.3) is 5.56 Å². The molecule has 0 aliphatic rings. The highest BCUT2D eigenvalue weighted by atomic mass is 32.1. The first-order chi connectivity index (χ1) is 8.20. The van der Waals surface area contributed by atoms with Gasteiger partial charge in [-0.3, -0.25) is 4.79 Å². The Morgan fingerprint density at radius 2 is 2.47 bits per heavy atom. The van der Waals surface area contributed by atoms with Gasteiger partial charge in [-0.1, -0.05) is 0 Å². The molecule has 5 nitrogen and oxygen atoms in total. The third kappa shape index (κ3) is 2.91. The Kier molecular flexibility index (Phi) is 3.88. The predicted octanol–water partition coefficient (Wildman–Crippen LogP) is 1.11. The van der Waals surface area contributed by atoms with Crippen LogP contribution in [-0.4, -0.2) is 29.7 Å². The van der Waals surface area contributed by atoms with Crippen molar-refractivity contribution in [1.82, 2.24) is 15.3 Å². The number of methoxy groups -OCH3 is 1. The summed E-state index contributed by atoms with van der Waals surface area (Å²) < 4.78 is 5.70. The molecule has 0 aromatic carbocycles. The second-order valence-electron chi connectivity index (χ2n) is 3.88. The van der Waals surface area contributed by atoms with E-state index in [1.807, 2.05) is 18.4 Å². The summed E-state index contributed by atoms with van der Waals surface area (Å²) in [6.07, 6.45) is 0. The molecule has 0 aliphatic carbocycles. The lowest BCUT2D eigenvalue weighted by Gasteiger charge is -2.11. The Morgan fingerprint density at radius 1 is 1.65 bits per heavy atom. The van der Waals surface area contributed by atoms with E-state index in [0.29, 0.717) is 23.7 Å². The van der Waals surface area contributed by atoms with E-state index in [0.717, 1.165) is 5.52 Å². The highest BCUT2D eigenvalue weighted by molar-refractivity contribution is 7.17. The maximum atomic E-state index is 11.7. The maximum absolute atomic E-state index is 11.7. The van der Waals surface area contributed by atoms with E-state index in [1.165, 1.54) is 11.3 Å². The lowest BCUT2D eigenvalue weighted by molar-refractivity contribution is 0.171. The minimum absolute atomic E-state index is 0.0683. The normalized spacial score (nSPS) is 13.1. The molecular formula is C11H15N3O2S. The smallest absolute Gasteiger partial charge is 0.268 e. The van der Waals surface area contributed by atoms with Crippen molar-refractivity contribution in [3.05, 3.63) is 27.6 Å². The van der Waals surface area contributed by atoms with Crippen molar-refractivity contribution < 1.29 is 4.74 Å². The molecule has 0 aliphatic heterocycles. The zero-order valence-electron chi connectivity index (χ0n) is 9.82. The van der Waals surface area contributed by atoms with Crippen molar-refractivity contribution in [3.63, 3.8) is 0 Å². The van der Waals surface area contributed by atoms with Crippen LogP contribution < -0.4 is 10.9 Å². The number of ether oxygens (including phenoxy) is 1. The lowest BCUT2D eigenvalue weighted by atomic mass is 10.3. The number of hydrogen-bond donors (Lipinski definition) is 2. The fourth-order valence-corrected chi connectivity index (χ4v) is 2.31. The first-order valence-corrected chi connectivity index (χ1v) is 6.27. The summed E-state index contributed by atoms with van der Waals surface area (Å²) in [5.41, 5.74) is 0.691. The van der Waals surface area contributed by atoms with Crippen LogP contribution in [0.5, 0.6) is 0 Å². The molecule has 0 saturated heterocycles. The van der Waals surface area contributed by atoms with Crippen molar-refractivity contribution in [2.75, 3.05) is 13.7 Å². The number of thiophene rings is 1. The van der Waals surface area contributed by atoms with Gasteiger partial charge in [0.2, 0.25) is 0 Å². The maximum Gasteiger partial charge on any atom is 0.268 e. The molecule has 2 rings (SSSR count). The van der Waals surface area contributed by atoms with Crippen LogP contribution in [0.15, 0.2) is 16.2 Å². The summed E-state index contributed by atoms with van der Waals surface area (Å²) in [7, 11) is 1.66. The lowest BCUT2D eigenvalue weighted by Crippen LogP contribution is -2.31. The minimum atomic E-state index is -0.0683. The Morgan fingerprint density at radius 3 is 3.24 bits per heavy atom. The highest BCUT2D eigenvalue weighted by Crippen LogP contribution is 2.13. The molecule has 2 N–H and O–H groups in total. The van der Waals surface area contributed by atoms with Crippen LogP contribution in [0.25, 0.3) is 10.2 Å². The molecule has 0 fully saturated rings. The molecule has 2 aromatic rings. The van der Waals surface area contributed by atoms with E-state index >= 15 is 0 Å². The van der Waals surface area contributed by atoms with Gasteiger partial charge in [-0.05, 0) is 18.4 Å². The summed E-state index contributed by atoms with van der Waals surface area (Å²) in [6.45, 7) is 3.18. The van der Waals surface area contributed by atoms with Gasteiger partial charge in [-0.25, -0.2) is 4.98 Å². The van der Waals surface area contributed by atoms with E-state index in [9.17, 15) is 4.79 Å². The number of hydrogen-bond acceptors (Lipinski definition) is 5. The Bertz CT molecular complexity index is 549. The zero-order valence-corrected chi connectivity index (χ0v) is 10.6. The van der Waals surface area contributed by atoms with Gasteiger partial charge < -0.3 is 15.0 Å². The molecule has 6 heteroatoms. The molecule has 0 radical (unpaired) electrons. The van der Waals surface area contributed by atoms with Gasteiger partial charge in [0.15, 0.2) is 0 Å². The van der Waals surface area contributed by atoms with E-state index in [4.69, 9.17) is 4.74 Å². The van der Waals surface area contributed by atoms with Crippen molar-refractivity contribution >= 4 is 21.6 Å². The standard InChI is InChI=1S/C11H15N3O2S/c1-7(6-16-2)12-5-9-13-8-3-4-17-10(8)11(15)14-9/h3-4,7,12H,5-6H2,1-2H3,(H,13,14,15). The molecule has 2 aromatic heterocycles. The third-order valence-corrected chi connectivity index (χ3v) is 3.30. The van der Waals surface area contributed by atoms with E-state index in [2.05, 4.69) is 15.3 Å².